The highest BCUT2D eigenvalue weighted by molar-refractivity contribution is 5.86. The highest BCUT2D eigenvalue weighted by atomic mass is 16.2. The Labute approximate surface area is 186 Å². The Kier molecular flexibility index (Phi) is 4.74. The first-order valence-corrected chi connectivity index (χ1v) is 11.7. The van der Waals surface area contributed by atoms with Crippen molar-refractivity contribution in [2.75, 3.05) is 29.9 Å². The molecule has 0 spiro atoms. The van der Waals surface area contributed by atoms with Gasteiger partial charge >= 0.3 is 0 Å². The van der Waals surface area contributed by atoms with E-state index < -0.39 is 0 Å². The predicted octanol–water partition coefficient (Wildman–Crippen LogP) is 1.99. The molecule has 3 aromatic heterocycles. The summed E-state index contributed by atoms with van der Waals surface area (Å²) < 4.78 is 1.82. The molecule has 1 saturated carbocycles. The minimum absolute atomic E-state index is 0.148. The van der Waals surface area contributed by atoms with Crippen molar-refractivity contribution in [3.63, 3.8) is 0 Å². The zero-order valence-corrected chi connectivity index (χ0v) is 18.1. The molecule has 1 aliphatic carbocycles. The van der Waals surface area contributed by atoms with Crippen molar-refractivity contribution in [3.05, 3.63) is 30.1 Å². The standard InChI is InChI=1S/C22H29N9O/c23-13-15-4-1-9-29(15)21(32)18-6-2-10-30(18)22-25-20(17-5-3-11-31(17)28-22)24-19-12-16(26-27-19)14-7-8-14/h3,5,11-12,14-15,18H,1-2,4,6-10,13,23H2,(H2,24,25,26,27,28)/t15-,18?/m1/s1. The van der Waals surface area contributed by atoms with E-state index in [9.17, 15) is 4.79 Å². The van der Waals surface area contributed by atoms with Crippen LogP contribution in [0.4, 0.5) is 17.6 Å². The average molecular weight is 436 g/mol. The first-order valence-electron chi connectivity index (χ1n) is 11.7. The van der Waals surface area contributed by atoms with Gasteiger partial charge in [-0.3, -0.25) is 9.89 Å². The van der Waals surface area contributed by atoms with E-state index in [1.54, 1.807) is 0 Å². The summed E-state index contributed by atoms with van der Waals surface area (Å²) in [6.07, 6.45) is 8.10. The lowest BCUT2D eigenvalue weighted by atomic mass is 10.1. The van der Waals surface area contributed by atoms with Gasteiger partial charge in [0, 0.05) is 49.6 Å². The number of amides is 1. The molecule has 0 aromatic carbocycles. The highest BCUT2D eigenvalue weighted by Gasteiger charge is 2.39. The monoisotopic (exact) mass is 435 g/mol. The molecule has 168 valence electrons. The Morgan fingerprint density at radius 2 is 2.09 bits per heavy atom. The summed E-state index contributed by atoms with van der Waals surface area (Å²) in [7, 11) is 0. The van der Waals surface area contributed by atoms with Crippen LogP contribution < -0.4 is 16.0 Å². The maximum absolute atomic E-state index is 13.4. The van der Waals surface area contributed by atoms with Crippen molar-refractivity contribution < 1.29 is 4.79 Å². The van der Waals surface area contributed by atoms with Gasteiger partial charge in [-0.2, -0.15) is 10.1 Å². The number of hydrogen-bond acceptors (Lipinski definition) is 7. The van der Waals surface area contributed by atoms with E-state index in [1.807, 2.05) is 27.7 Å². The van der Waals surface area contributed by atoms with Crippen LogP contribution in [0.5, 0.6) is 0 Å². The minimum Gasteiger partial charge on any atom is -0.337 e. The van der Waals surface area contributed by atoms with E-state index >= 15 is 0 Å². The van der Waals surface area contributed by atoms with Gasteiger partial charge in [-0.1, -0.05) is 0 Å². The summed E-state index contributed by atoms with van der Waals surface area (Å²) in [6.45, 7) is 2.07. The van der Waals surface area contributed by atoms with Crippen molar-refractivity contribution in [1.29, 1.82) is 0 Å². The number of aromatic nitrogens is 5. The Morgan fingerprint density at radius 3 is 2.94 bits per heavy atom. The number of aromatic amines is 1. The van der Waals surface area contributed by atoms with E-state index in [1.165, 1.54) is 18.5 Å². The van der Waals surface area contributed by atoms with E-state index in [0.29, 0.717) is 24.2 Å². The smallest absolute Gasteiger partial charge is 0.246 e. The highest BCUT2D eigenvalue weighted by Crippen LogP contribution is 2.39. The molecular weight excluding hydrogens is 406 g/mol. The van der Waals surface area contributed by atoms with E-state index in [-0.39, 0.29) is 18.0 Å². The van der Waals surface area contributed by atoms with Crippen LogP contribution in [0.3, 0.4) is 0 Å². The molecule has 10 nitrogen and oxygen atoms in total. The molecule has 3 aliphatic rings. The molecule has 6 rings (SSSR count). The second kappa shape index (κ2) is 7.77. The number of likely N-dealkylation sites (tertiary alicyclic amines) is 1. The molecule has 0 bridgehead atoms. The maximum Gasteiger partial charge on any atom is 0.246 e. The molecule has 32 heavy (non-hydrogen) atoms. The maximum atomic E-state index is 13.4. The van der Waals surface area contributed by atoms with Crippen LogP contribution >= 0.6 is 0 Å². The number of hydrogen-bond donors (Lipinski definition) is 3. The van der Waals surface area contributed by atoms with Crippen molar-refractivity contribution in [2.24, 2.45) is 5.73 Å². The number of nitrogens with one attached hydrogen (secondary N) is 2. The van der Waals surface area contributed by atoms with Gasteiger partial charge in [-0.05, 0) is 50.7 Å². The first kappa shape index (κ1) is 19.5. The molecule has 4 N–H and O–H groups in total. The van der Waals surface area contributed by atoms with Crippen molar-refractivity contribution in [1.82, 2.24) is 29.7 Å². The molecule has 5 heterocycles. The van der Waals surface area contributed by atoms with Gasteiger partial charge in [0.15, 0.2) is 11.6 Å². The molecule has 2 aliphatic heterocycles. The summed E-state index contributed by atoms with van der Waals surface area (Å²) in [6, 6.07) is 5.89. The average Bonchev–Trinajstić information content (AvgIpc) is 3.28. The second-order valence-corrected chi connectivity index (χ2v) is 9.12. The topological polar surface area (TPSA) is 120 Å². The van der Waals surface area contributed by atoms with E-state index in [2.05, 4.69) is 26.5 Å². The van der Waals surface area contributed by atoms with Crippen LogP contribution in [0.1, 0.15) is 50.1 Å². The molecule has 3 fully saturated rings. The zero-order chi connectivity index (χ0) is 21.7. The lowest BCUT2D eigenvalue weighted by molar-refractivity contribution is -0.133. The molecule has 3 aromatic rings. The van der Waals surface area contributed by atoms with Crippen LogP contribution in [-0.4, -0.2) is 67.3 Å². The van der Waals surface area contributed by atoms with Crippen molar-refractivity contribution in [2.45, 2.75) is 56.5 Å². The van der Waals surface area contributed by atoms with Gasteiger partial charge in [0.05, 0.1) is 0 Å². The molecule has 1 unspecified atom stereocenters. The van der Waals surface area contributed by atoms with Gasteiger partial charge in [0.25, 0.3) is 0 Å². The molecule has 1 amide bonds. The molecule has 2 saturated heterocycles. The largest absolute Gasteiger partial charge is 0.337 e. The number of carbonyl (C=O) groups is 1. The Bertz CT molecular complexity index is 1130. The lowest BCUT2D eigenvalue weighted by Crippen LogP contribution is -2.49. The Hall–Kier alpha value is -3.14. The molecule has 10 heteroatoms. The van der Waals surface area contributed by atoms with Crippen LogP contribution in [0.15, 0.2) is 24.4 Å². The Morgan fingerprint density at radius 1 is 1.22 bits per heavy atom. The third-order valence-corrected chi connectivity index (χ3v) is 6.97. The number of nitrogens with two attached hydrogens (primary N) is 1. The van der Waals surface area contributed by atoms with E-state index in [0.717, 1.165) is 50.1 Å². The summed E-state index contributed by atoms with van der Waals surface area (Å²) in [5.74, 6) is 2.76. The van der Waals surface area contributed by atoms with Gasteiger partial charge in [-0.15, -0.1) is 5.10 Å². The molecule has 2 atom stereocenters. The van der Waals surface area contributed by atoms with Gasteiger partial charge in [0.2, 0.25) is 11.9 Å². The molecule has 0 radical (unpaired) electrons. The fourth-order valence-corrected chi connectivity index (χ4v) is 5.09. The van der Waals surface area contributed by atoms with Crippen LogP contribution in [0.25, 0.3) is 5.52 Å². The number of anilines is 3. The number of H-pyrrole nitrogens is 1. The number of rotatable bonds is 6. The van der Waals surface area contributed by atoms with E-state index in [4.69, 9.17) is 15.8 Å². The molecular formula is C22H29N9O. The lowest BCUT2D eigenvalue weighted by Gasteiger charge is -2.31. The quantitative estimate of drug-likeness (QED) is 0.541. The van der Waals surface area contributed by atoms with Crippen molar-refractivity contribution in [3.8, 4) is 0 Å². The normalized spacial score (nSPS) is 23.4. The van der Waals surface area contributed by atoms with Gasteiger partial charge < -0.3 is 20.9 Å². The third kappa shape index (κ3) is 3.38. The summed E-state index contributed by atoms with van der Waals surface area (Å²) in [5.41, 5.74) is 7.96. The van der Waals surface area contributed by atoms with Crippen LogP contribution in [0.2, 0.25) is 0 Å². The van der Waals surface area contributed by atoms with Gasteiger partial charge in [0.1, 0.15) is 11.6 Å². The Balaban J connectivity index is 1.30. The number of carbonyl (C=O) groups excluding carboxylic acids is 1. The SMILES string of the molecule is NC[C@H]1CCCN1C(=O)C1CCCN1c1nc(Nc2cc(C3CC3)[nH]n2)c2cccn2n1. The fraction of sp³-hybridized carbons (Fsp3) is 0.545. The summed E-state index contributed by atoms with van der Waals surface area (Å²) in [5, 5.41) is 15.6. The predicted molar refractivity (Wildman–Crippen MR) is 121 cm³/mol. The minimum atomic E-state index is -0.241. The van der Waals surface area contributed by atoms with Crippen LogP contribution in [0, 0.1) is 0 Å². The second-order valence-electron chi connectivity index (χ2n) is 9.12. The zero-order valence-electron chi connectivity index (χ0n) is 18.1. The van der Waals surface area contributed by atoms with Gasteiger partial charge in [-0.25, -0.2) is 4.52 Å². The number of nitrogens with zero attached hydrogens (tertiary/aromatic N) is 6. The van der Waals surface area contributed by atoms with Crippen molar-refractivity contribution >= 4 is 29.0 Å². The van der Waals surface area contributed by atoms with Crippen LogP contribution in [-0.2, 0) is 4.79 Å². The summed E-state index contributed by atoms with van der Waals surface area (Å²) >= 11 is 0. The summed E-state index contributed by atoms with van der Waals surface area (Å²) in [4.78, 5) is 22.3. The first-order chi connectivity index (χ1) is 15.7. The fourth-order valence-electron chi connectivity index (χ4n) is 5.09. The number of fused-ring (bicyclic) bond motifs is 1. The third-order valence-electron chi connectivity index (χ3n) is 6.97.